The molecule has 0 fully saturated rings. The van der Waals surface area contributed by atoms with E-state index in [0.717, 1.165) is 0 Å². The maximum Gasteiger partial charge on any atom is 0.266 e. The molecule has 7 nitrogen and oxygen atoms in total. The van der Waals surface area contributed by atoms with Crippen molar-refractivity contribution in [3.8, 4) is 0 Å². The molecule has 1 aromatic rings. The van der Waals surface area contributed by atoms with E-state index in [9.17, 15) is 4.79 Å². The molecule has 1 aromatic heterocycles. The van der Waals surface area contributed by atoms with Crippen molar-refractivity contribution in [3.63, 3.8) is 0 Å². The Morgan fingerprint density at radius 1 is 1.67 bits per heavy atom. The predicted molar refractivity (Wildman–Crippen MR) is 78.2 cm³/mol. The van der Waals surface area contributed by atoms with Crippen LogP contribution in [0.1, 0.15) is 6.42 Å². The van der Waals surface area contributed by atoms with E-state index in [1.54, 1.807) is 7.11 Å². The van der Waals surface area contributed by atoms with Crippen LogP contribution in [-0.4, -0.2) is 42.6 Å². The Kier molecular flexibility index (Phi) is 6.05. The molecule has 0 unspecified atom stereocenters. The van der Waals surface area contributed by atoms with Gasteiger partial charge in [-0.15, -0.1) is 0 Å². The molecule has 0 radical (unpaired) electrons. The Hall–Kier alpha value is -1.16. The number of nitrogens with one attached hydrogen (secondary N) is 2. The smallest absolute Gasteiger partial charge is 0.266 e. The number of methoxy groups -OCH3 is 1. The molecular weight excluding hydrogens is 349 g/mol. The molecule has 8 heteroatoms. The van der Waals surface area contributed by atoms with Crippen LogP contribution in [0.25, 0.3) is 0 Å². The molecule has 0 bridgehead atoms. The summed E-state index contributed by atoms with van der Waals surface area (Å²) in [5.41, 5.74) is 5.18. The van der Waals surface area contributed by atoms with E-state index < -0.39 is 0 Å². The minimum Gasteiger partial charge on any atom is -0.388 e. The fourth-order valence-corrected chi connectivity index (χ4v) is 2.01. The summed E-state index contributed by atoms with van der Waals surface area (Å²) >= 11 is 1.96. The van der Waals surface area contributed by atoms with Crippen molar-refractivity contribution in [2.24, 2.45) is 5.73 Å². The van der Waals surface area contributed by atoms with Gasteiger partial charge in [0, 0.05) is 26.6 Å². The van der Waals surface area contributed by atoms with Crippen LogP contribution >= 0.6 is 22.6 Å². The Morgan fingerprint density at radius 2 is 2.39 bits per heavy atom. The Balaban J connectivity index is 2.89. The zero-order valence-corrected chi connectivity index (χ0v) is 12.2. The number of ether oxygens (including phenoxy) is 1. The third-order valence-corrected chi connectivity index (χ3v) is 3.27. The number of halogens is 1. The summed E-state index contributed by atoms with van der Waals surface area (Å²) in [6, 6.07) is 0. The highest BCUT2D eigenvalue weighted by molar-refractivity contribution is 14.1. The van der Waals surface area contributed by atoms with Crippen molar-refractivity contribution < 1.29 is 4.74 Å². The molecule has 0 aromatic carbocycles. The van der Waals surface area contributed by atoms with E-state index in [1.165, 1.54) is 6.33 Å². The second-order valence-electron chi connectivity index (χ2n) is 3.62. The van der Waals surface area contributed by atoms with E-state index in [0.29, 0.717) is 35.5 Å². The summed E-state index contributed by atoms with van der Waals surface area (Å²) in [4.78, 5) is 20.1. The van der Waals surface area contributed by atoms with Crippen LogP contribution in [-0.2, 0) is 4.74 Å². The second kappa shape index (κ2) is 7.31. The monoisotopic (exact) mass is 365 g/mol. The summed E-state index contributed by atoms with van der Waals surface area (Å²) in [5, 5.41) is 7.25. The molecule has 0 spiro atoms. The molecule has 0 saturated heterocycles. The minimum absolute atomic E-state index is 0.109. The van der Waals surface area contributed by atoms with Crippen LogP contribution in [0.15, 0.2) is 11.1 Å². The first-order valence-electron chi connectivity index (χ1n) is 5.36. The molecular formula is C10H16IN5O2. The number of nitrogens with two attached hydrogens (primary N) is 1. The maximum absolute atomic E-state index is 11.5. The van der Waals surface area contributed by atoms with Gasteiger partial charge in [-0.3, -0.25) is 10.2 Å². The van der Waals surface area contributed by atoms with Gasteiger partial charge in [-0.05, 0) is 22.6 Å². The third kappa shape index (κ3) is 4.26. The Labute approximate surface area is 118 Å². The highest BCUT2D eigenvalue weighted by Gasteiger charge is 2.13. The molecule has 0 amide bonds. The maximum atomic E-state index is 11.5. The lowest BCUT2D eigenvalue weighted by molar-refractivity contribution is 0.205. The zero-order valence-electron chi connectivity index (χ0n) is 10.1. The zero-order chi connectivity index (χ0) is 13.5. The van der Waals surface area contributed by atoms with Gasteiger partial charge in [0.05, 0.1) is 18.8 Å². The largest absolute Gasteiger partial charge is 0.388 e. The molecule has 0 saturated carbocycles. The van der Waals surface area contributed by atoms with Crippen molar-refractivity contribution in [2.45, 2.75) is 6.42 Å². The molecule has 1 heterocycles. The SMILES string of the molecule is COCCN(CCC(=N)N)c1nc[nH]c(=O)c1I. The number of anilines is 1. The lowest BCUT2D eigenvalue weighted by atomic mass is 10.3. The summed E-state index contributed by atoms with van der Waals surface area (Å²) in [7, 11) is 1.61. The fourth-order valence-electron chi connectivity index (χ4n) is 1.37. The van der Waals surface area contributed by atoms with Crippen molar-refractivity contribution in [3.05, 3.63) is 20.3 Å². The molecule has 100 valence electrons. The highest BCUT2D eigenvalue weighted by atomic mass is 127. The summed E-state index contributed by atoms with van der Waals surface area (Å²) in [6.07, 6.45) is 1.79. The first kappa shape index (κ1) is 14.9. The topological polar surface area (TPSA) is 108 Å². The highest BCUT2D eigenvalue weighted by Crippen LogP contribution is 2.15. The van der Waals surface area contributed by atoms with E-state index in [2.05, 4.69) is 9.97 Å². The van der Waals surface area contributed by atoms with Gasteiger partial charge < -0.3 is 20.4 Å². The molecule has 0 aliphatic rings. The molecule has 0 aliphatic carbocycles. The average Bonchev–Trinajstić information content (AvgIpc) is 2.33. The van der Waals surface area contributed by atoms with Crippen LogP contribution < -0.4 is 16.2 Å². The van der Waals surface area contributed by atoms with E-state index >= 15 is 0 Å². The quantitative estimate of drug-likeness (QED) is 0.362. The van der Waals surface area contributed by atoms with Crippen LogP contribution in [0.4, 0.5) is 5.82 Å². The number of nitrogens with zero attached hydrogens (tertiary/aromatic N) is 2. The Morgan fingerprint density at radius 3 is 3.00 bits per heavy atom. The van der Waals surface area contributed by atoms with Crippen LogP contribution in [0.5, 0.6) is 0 Å². The van der Waals surface area contributed by atoms with E-state index in [1.807, 2.05) is 27.5 Å². The molecule has 0 aliphatic heterocycles. The van der Waals surface area contributed by atoms with E-state index in [4.69, 9.17) is 15.9 Å². The minimum atomic E-state index is -0.175. The lowest BCUT2D eigenvalue weighted by Gasteiger charge is -2.23. The van der Waals surface area contributed by atoms with Crippen LogP contribution in [0.2, 0.25) is 0 Å². The van der Waals surface area contributed by atoms with Gasteiger partial charge in [-0.25, -0.2) is 4.98 Å². The van der Waals surface area contributed by atoms with Crippen molar-refractivity contribution in [1.82, 2.24) is 9.97 Å². The molecule has 0 atom stereocenters. The van der Waals surface area contributed by atoms with Gasteiger partial charge in [0.25, 0.3) is 5.56 Å². The number of rotatable bonds is 7. The van der Waals surface area contributed by atoms with Crippen molar-refractivity contribution >= 4 is 34.2 Å². The van der Waals surface area contributed by atoms with Crippen LogP contribution in [0, 0.1) is 8.98 Å². The number of H-pyrrole nitrogens is 1. The van der Waals surface area contributed by atoms with Gasteiger partial charge >= 0.3 is 0 Å². The first-order chi connectivity index (χ1) is 8.56. The van der Waals surface area contributed by atoms with Crippen molar-refractivity contribution in [2.75, 3.05) is 31.7 Å². The molecule has 18 heavy (non-hydrogen) atoms. The molecule has 4 N–H and O–H groups in total. The first-order valence-corrected chi connectivity index (χ1v) is 6.44. The summed E-state index contributed by atoms with van der Waals surface area (Å²) < 4.78 is 5.55. The van der Waals surface area contributed by atoms with Crippen molar-refractivity contribution in [1.29, 1.82) is 5.41 Å². The Bertz CT molecular complexity index is 462. The predicted octanol–water partition coefficient (Wildman–Crippen LogP) is 0.153. The van der Waals surface area contributed by atoms with Gasteiger partial charge in [-0.1, -0.05) is 0 Å². The number of aromatic amines is 1. The van der Waals surface area contributed by atoms with Gasteiger partial charge in [0.15, 0.2) is 0 Å². The van der Waals surface area contributed by atoms with Gasteiger partial charge in [0.1, 0.15) is 9.39 Å². The number of aromatic nitrogens is 2. The second-order valence-corrected chi connectivity index (χ2v) is 4.70. The summed E-state index contributed by atoms with van der Waals surface area (Å²) in [6.45, 7) is 1.64. The van der Waals surface area contributed by atoms with E-state index in [-0.39, 0.29) is 11.4 Å². The van der Waals surface area contributed by atoms with Gasteiger partial charge in [-0.2, -0.15) is 0 Å². The lowest BCUT2D eigenvalue weighted by Crippen LogP contribution is -2.33. The van der Waals surface area contributed by atoms with Crippen LogP contribution in [0.3, 0.4) is 0 Å². The average molecular weight is 365 g/mol. The number of hydrogen-bond donors (Lipinski definition) is 3. The number of amidine groups is 1. The standard InChI is InChI=1S/C10H16IN5O2/c1-18-5-4-16(3-2-7(12)13)9-8(11)10(17)15-6-14-9/h6H,2-5H2,1H3,(H3,12,13)(H,14,15,17). The van der Waals surface area contributed by atoms with Gasteiger partial charge in [0.2, 0.25) is 0 Å². The summed E-state index contributed by atoms with van der Waals surface area (Å²) in [5.74, 6) is 0.704. The molecule has 1 rings (SSSR count). The normalized spacial score (nSPS) is 10.3. The number of hydrogen-bond acceptors (Lipinski definition) is 5. The fraction of sp³-hybridized carbons (Fsp3) is 0.500. The third-order valence-electron chi connectivity index (χ3n) is 2.29.